The van der Waals surface area contributed by atoms with Gasteiger partial charge >= 0.3 is 0 Å². The molecule has 1 aromatic heterocycles. The van der Waals surface area contributed by atoms with Gasteiger partial charge in [0.15, 0.2) is 0 Å². The summed E-state index contributed by atoms with van der Waals surface area (Å²) in [6.45, 7) is 1.91. The van der Waals surface area contributed by atoms with Crippen LogP contribution in [0, 0.1) is 11.3 Å². The van der Waals surface area contributed by atoms with Crippen molar-refractivity contribution in [1.29, 1.82) is 5.26 Å². The van der Waals surface area contributed by atoms with Gasteiger partial charge in [0.2, 0.25) is 0 Å². The van der Waals surface area contributed by atoms with E-state index in [4.69, 9.17) is 11.0 Å². The van der Waals surface area contributed by atoms with Crippen molar-refractivity contribution in [2.24, 2.45) is 5.73 Å². The first-order chi connectivity index (χ1) is 6.29. The van der Waals surface area contributed by atoms with Crippen molar-refractivity contribution in [1.82, 2.24) is 4.98 Å². The quantitative estimate of drug-likeness (QED) is 0.692. The van der Waals surface area contributed by atoms with E-state index in [1.165, 1.54) is 0 Å². The number of hydrogen-bond acceptors (Lipinski definition) is 3. The van der Waals surface area contributed by atoms with Crippen LogP contribution in [0.1, 0.15) is 18.9 Å². The molecule has 3 heteroatoms. The number of allylic oxidation sites excluding steroid dienone is 1. The highest BCUT2D eigenvalue weighted by Crippen LogP contribution is 2.13. The first-order valence-corrected chi connectivity index (χ1v) is 4.08. The van der Waals surface area contributed by atoms with Crippen molar-refractivity contribution in [3.8, 4) is 6.07 Å². The smallest absolute Gasteiger partial charge is 0.0968 e. The second kappa shape index (κ2) is 4.27. The van der Waals surface area contributed by atoms with Gasteiger partial charge in [-0.3, -0.25) is 4.98 Å². The number of nitriles is 1. The van der Waals surface area contributed by atoms with E-state index in [1.807, 2.05) is 6.92 Å². The van der Waals surface area contributed by atoms with Gasteiger partial charge in [0.1, 0.15) is 0 Å². The van der Waals surface area contributed by atoms with Gasteiger partial charge in [-0.05, 0) is 18.6 Å². The molecule has 1 aromatic rings. The molecule has 0 radical (unpaired) electrons. The van der Waals surface area contributed by atoms with Crippen molar-refractivity contribution in [3.63, 3.8) is 0 Å². The third-order valence-corrected chi connectivity index (χ3v) is 1.80. The largest absolute Gasteiger partial charge is 0.397 e. The highest BCUT2D eigenvalue weighted by Gasteiger charge is 2.02. The summed E-state index contributed by atoms with van der Waals surface area (Å²) in [4.78, 5) is 3.88. The Labute approximate surface area is 77.5 Å². The minimum absolute atomic E-state index is 0.549. The topological polar surface area (TPSA) is 62.7 Å². The van der Waals surface area contributed by atoms with Crippen molar-refractivity contribution < 1.29 is 0 Å². The molecular weight excluding hydrogens is 162 g/mol. The van der Waals surface area contributed by atoms with E-state index in [2.05, 4.69) is 11.1 Å². The molecule has 0 aliphatic heterocycles. The fraction of sp³-hybridized carbons (Fsp3) is 0.200. The summed E-state index contributed by atoms with van der Waals surface area (Å²) in [5, 5.41) is 8.75. The molecule has 2 N–H and O–H groups in total. The van der Waals surface area contributed by atoms with Crippen LogP contribution in [0.15, 0.2) is 30.1 Å². The minimum atomic E-state index is 0.549. The van der Waals surface area contributed by atoms with Crippen LogP contribution >= 0.6 is 0 Å². The summed E-state index contributed by atoms with van der Waals surface area (Å²) >= 11 is 0. The Morgan fingerprint density at radius 3 is 2.62 bits per heavy atom. The molecule has 0 saturated carbocycles. The Bertz CT molecular complexity index is 346. The maximum atomic E-state index is 8.75. The van der Waals surface area contributed by atoms with Gasteiger partial charge in [-0.1, -0.05) is 6.92 Å². The summed E-state index contributed by atoms with van der Waals surface area (Å²) in [5.41, 5.74) is 7.81. The summed E-state index contributed by atoms with van der Waals surface area (Å²) in [6.07, 6.45) is 3.98. The molecule has 1 heterocycles. The molecule has 13 heavy (non-hydrogen) atoms. The lowest BCUT2D eigenvalue weighted by Gasteiger charge is -2.02. The number of hydrogen-bond donors (Lipinski definition) is 1. The lowest BCUT2D eigenvalue weighted by atomic mass is 10.1. The second-order valence-corrected chi connectivity index (χ2v) is 2.59. The molecule has 0 aliphatic rings. The van der Waals surface area contributed by atoms with Crippen LogP contribution in [0.4, 0.5) is 0 Å². The van der Waals surface area contributed by atoms with Gasteiger partial charge < -0.3 is 5.73 Å². The van der Waals surface area contributed by atoms with E-state index in [9.17, 15) is 0 Å². The van der Waals surface area contributed by atoms with Crippen LogP contribution in [-0.4, -0.2) is 4.98 Å². The van der Waals surface area contributed by atoms with E-state index in [-0.39, 0.29) is 0 Å². The predicted octanol–water partition coefficient (Wildman–Crippen LogP) is 1.68. The maximum absolute atomic E-state index is 8.75. The number of nitrogens with zero attached hydrogens (tertiary/aromatic N) is 2. The molecule has 0 fully saturated rings. The van der Waals surface area contributed by atoms with Crippen LogP contribution in [0.25, 0.3) is 5.70 Å². The molecule has 0 spiro atoms. The van der Waals surface area contributed by atoms with Crippen molar-refractivity contribution in [2.75, 3.05) is 0 Å². The average molecular weight is 173 g/mol. The Morgan fingerprint density at radius 1 is 1.54 bits per heavy atom. The van der Waals surface area contributed by atoms with Gasteiger partial charge in [0.05, 0.1) is 17.3 Å². The molecule has 0 atom stereocenters. The van der Waals surface area contributed by atoms with Gasteiger partial charge in [-0.25, -0.2) is 0 Å². The third-order valence-electron chi connectivity index (χ3n) is 1.80. The zero-order chi connectivity index (χ0) is 9.68. The van der Waals surface area contributed by atoms with Crippen LogP contribution in [0.2, 0.25) is 0 Å². The fourth-order valence-electron chi connectivity index (χ4n) is 1.04. The standard InChI is InChI=1S/C10H11N3/c1-2-8(7-11)10(12)9-3-5-13-6-4-9/h3-6H,2,12H2,1H3/b10-8-. The Hall–Kier alpha value is -1.82. The van der Waals surface area contributed by atoms with Gasteiger partial charge in [0.25, 0.3) is 0 Å². The number of aromatic nitrogens is 1. The Morgan fingerprint density at radius 2 is 2.15 bits per heavy atom. The van der Waals surface area contributed by atoms with E-state index in [0.29, 0.717) is 17.7 Å². The third kappa shape index (κ3) is 2.06. The summed E-state index contributed by atoms with van der Waals surface area (Å²) in [6, 6.07) is 5.67. The molecule has 0 amide bonds. The van der Waals surface area contributed by atoms with Crippen LogP contribution in [0.3, 0.4) is 0 Å². The van der Waals surface area contributed by atoms with Crippen LogP contribution in [0.5, 0.6) is 0 Å². The lowest BCUT2D eigenvalue weighted by molar-refractivity contribution is 1.14. The molecule has 3 nitrogen and oxygen atoms in total. The zero-order valence-electron chi connectivity index (χ0n) is 7.49. The fourth-order valence-corrected chi connectivity index (χ4v) is 1.04. The van der Waals surface area contributed by atoms with E-state index in [0.717, 1.165) is 5.56 Å². The van der Waals surface area contributed by atoms with Gasteiger partial charge in [-0.15, -0.1) is 0 Å². The summed E-state index contributed by atoms with van der Waals surface area (Å²) < 4.78 is 0. The van der Waals surface area contributed by atoms with Crippen LogP contribution < -0.4 is 5.73 Å². The first kappa shape index (κ1) is 9.27. The van der Waals surface area contributed by atoms with Crippen molar-refractivity contribution >= 4 is 5.70 Å². The van der Waals surface area contributed by atoms with Gasteiger partial charge in [-0.2, -0.15) is 5.26 Å². The zero-order valence-corrected chi connectivity index (χ0v) is 7.49. The number of nitrogens with two attached hydrogens (primary N) is 1. The number of rotatable bonds is 2. The second-order valence-electron chi connectivity index (χ2n) is 2.59. The summed E-state index contributed by atoms with van der Waals surface area (Å²) in [5.74, 6) is 0. The minimum Gasteiger partial charge on any atom is -0.397 e. The highest BCUT2D eigenvalue weighted by molar-refractivity contribution is 5.68. The summed E-state index contributed by atoms with van der Waals surface area (Å²) in [7, 11) is 0. The van der Waals surface area contributed by atoms with Crippen LogP contribution in [-0.2, 0) is 0 Å². The first-order valence-electron chi connectivity index (χ1n) is 4.08. The molecule has 0 aliphatic carbocycles. The number of pyridine rings is 1. The Balaban J connectivity index is 3.11. The van der Waals surface area contributed by atoms with E-state index in [1.54, 1.807) is 24.5 Å². The average Bonchev–Trinajstić information content (AvgIpc) is 2.21. The normalized spacial score (nSPS) is 11.7. The van der Waals surface area contributed by atoms with Crippen molar-refractivity contribution in [2.45, 2.75) is 13.3 Å². The lowest BCUT2D eigenvalue weighted by Crippen LogP contribution is -2.00. The molecular formula is C10H11N3. The maximum Gasteiger partial charge on any atom is 0.0968 e. The molecule has 0 unspecified atom stereocenters. The van der Waals surface area contributed by atoms with E-state index >= 15 is 0 Å². The molecule has 0 aromatic carbocycles. The monoisotopic (exact) mass is 173 g/mol. The predicted molar refractivity (Wildman–Crippen MR) is 51.2 cm³/mol. The molecule has 66 valence electrons. The van der Waals surface area contributed by atoms with Crippen molar-refractivity contribution in [3.05, 3.63) is 35.7 Å². The van der Waals surface area contributed by atoms with E-state index < -0.39 is 0 Å². The van der Waals surface area contributed by atoms with Gasteiger partial charge in [0, 0.05) is 18.0 Å². The SMILES string of the molecule is CC/C(C#N)=C(/N)c1ccncc1. The molecule has 0 bridgehead atoms. The molecule has 0 saturated heterocycles. The molecule has 1 rings (SSSR count). The highest BCUT2D eigenvalue weighted by atomic mass is 14.6. The Kier molecular flexibility index (Phi) is 3.04.